The van der Waals surface area contributed by atoms with Gasteiger partial charge < -0.3 is 4.74 Å². The van der Waals surface area contributed by atoms with Gasteiger partial charge in [0.05, 0.1) is 10.9 Å². The largest absolute Gasteiger partial charge is 0.374 e. The van der Waals surface area contributed by atoms with Crippen LogP contribution in [0, 0.1) is 0 Å². The summed E-state index contributed by atoms with van der Waals surface area (Å²) in [5, 5.41) is 5.33. The van der Waals surface area contributed by atoms with Crippen LogP contribution in [0.4, 0.5) is 0 Å². The van der Waals surface area contributed by atoms with Crippen LogP contribution < -0.4 is 5.14 Å². The molecule has 0 spiro atoms. The highest BCUT2D eigenvalue weighted by Crippen LogP contribution is 2.33. The molecule has 1 unspecified atom stereocenters. The molecule has 0 saturated carbocycles. The van der Waals surface area contributed by atoms with Crippen LogP contribution in [0.3, 0.4) is 0 Å². The molecule has 2 aliphatic heterocycles. The van der Waals surface area contributed by atoms with E-state index in [2.05, 4.69) is 4.90 Å². The molecule has 6 nitrogen and oxygen atoms in total. The molecule has 0 radical (unpaired) electrons. The lowest BCUT2D eigenvalue weighted by atomic mass is 9.88. The summed E-state index contributed by atoms with van der Waals surface area (Å²) in [5.74, 6) is 0.315. The van der Waals surface area contributed by atoms with Crippen LogP contribution in [-0.2, 0) is 19.6 Å². The fraction of sp³-hybridized carbons (Fsp3) is 0.562. The number of Topliss-reactive ketones (excluding diaryl/α,β-unsaturated/α-hetero) is 1. The van der Waals surface area contributed by atoms with Crippen molar-refractivity contribution in [3.05, 3.63) is 29.8 Å². The second-order valence-electron chi connectivity index (χ2n) is 6.22. The molecular formula is C16H22N2O4S. The molecule has 7 heteroatoms. The molecule has 0 aromatic heterocycles. The van der Waals surface area contributed by atoms with Gasteiger partial charge in [0.25, 0.3) is 0 Å². The summed E-state index contributed by atoms with van der Waals surface area (Å²) >= 11 is 0. The van der Waals surface area contributed by atoms with E-state index in [9.17, 15) is 13.2 Å². The SMILES string of the molecule is NS(=O)(=O)c1ccccc1C1CCN(C2CCOCC2=O)CC1. The summed E-state index contributed by atoms with van der Waals surface area (Å²) in [7, 11) is -3.71. The monoisotopic (exact) mass is 338 g/mol. The maximum Gasteiger partial charge on any atom is 0.238 e. The summed E-state index contributed by atoms with van der Waals surface area (Å²) in [6.07, 6.45) is 2.41. The van der Waals surface area contributed by atoms with Crippen LogP contribution in [0.15, 0.2) is 29.2 Å². The molecule has 1 atom stereocenters. The van der Waals surface area contributed by atoms with Crippen molar-refractivity contribution < 1.29 is 17.9 Å². The number of nitrogens with zero attached hydrogens (tertiary/aromatic N) is 1. The minimum atomic E-state index is -3.71. The first-order valence-corrected chi connectivity index (χ1v) is 9.47. The lowest BCUT2D eigenvalue weighted by Gasteiger charge is -2.38. The van der Waals surface area contributed by atoms with Crippen LogP contribution in [0.5, 0.6) is 0 Å². The lowest BCUT2D eigenvalue weighted by molar-refractivity contribution is -0.134. The average Bonchev–Trinajstić information content (AvgIpc) is 2.55. The number of rotatable bonds is 3. The highest BCUT2D eigenvalue weighted by molar-refractivity contribution is 7.89. The number of likely N-dealkylation sites (tertiary alicyclic amines) is 1. The van der Waals surface area contributed by atoms with Crippen molar-refractivity contribution >= 4 is 15.8 Å². The molecule has 0 aliphatic carbocycles. The number of carbonyl (C=O) groups is 1. The van der Waals surface area contributed by atoms with Crippen molar-refractivity contribution in [2.45, 2.75) is 36.1 Å². The van der Waals surface area contributed by atoms with Gasteiger partial charge in [-0.15, -0.1) is 0 Å². The van der Waals surface area contributed by atoms with Gasteiger partial charge in [0.2, 0.25) is 10.0 Å². The van der Waals surface area contributed by atoms with Crippen LogP contribution in [0.2, 0.25) is 0 Å². The van der Waals surface area contributed by atoms with Gasteiger partial charge in [-0.2, -0.15) is 0 Å². The zero-order valence-electron chi connectivity index (χ0n) is 13.0. The Kier molecular flexibility index (Phi) is 4.82. The quantitative estimate of drug-likeness (QED) is 0.883. The molecule has 23 heavy (non-hydrogen) atoms. The fourth-order valence-corrected chi connectivity index (χ4v) is 4.44. The minimum Gasteiger partial charge on any atom is -0.374 e. The molecular weight excluding hydrogens is 316 g/mol. The lowest BCUT2D eigenvalue weighted by Crippen LogP contribution is -2.49. The molecule has 0 bridgehead atoms. The number of primary sulfonamides is 1. The third-order valence-electron chi connectivity index (χ3n) is 4.79. The smallest absolute Gasteiger partial charge is 0.238 e. The molecule has 2 saturated heterocycles. The summed E-state index contributed by atoms with van der Waals surface area (Å²) in [5.41, 5.74) is 0.799. The van der Waals surface area contributed by atoms with E-state index in [1.54, 1.807) is 12.1 Å². The number of carbonyl (C=O) groups excluding carboxylic acids is 1. The number of sulfonamides is 1. The van der Waals surface area contributed by atoms with Gasteiger partial charge in [-0.25, -0.2) is 13.6 Å². The zero-order valence-corrected chi connectivity index (χ0v) is 13.8. The molecule has 3 rings (SSSR count). The van der Waals surface area contributed by atoms with Crippen LogP contribution in [0.25, 0.3) is 0 Å². The second-order valence-corrected chi connectivity index (χ2v) is 7.75. The molecule has 2 aliphatic rings. The molecule has 1 aromatic carbocycles. The highest BCUT2D eigenvalue weighted by atomic mass is 32.2. The van der Waals surface area contributed by atoms with Crippen molar-refractivity contribution in [3.8, 4) is 0 Å². The average molecular weight is 338 g/mol. The molecule has 0 amide bonds. The van der Waals surface area contributed by atoms with E-state index in [0.717, 1.165) is 37.9 Å². The molecule has 2 heterocycles. The first kappa shape index (κ1) is 16.6. The Morgan fingerprint density at radius 2 is 1.83 bits per heavy atom. The molecule has 126 valence electrons. The van der Waals surface area contributed by atoms with Crippen molar-refractivity contribution in [2.75, 3.05) is 26.3 Å². The van der Waals surface area contributed by atoms with Crippen LogP contribution in [-0.4, -0.2) is 51.4 Å². The number of hydrogen-bond donors (Lipinski definition) is 1. The van der Waals surface area contributed by atoms with Gasteiger partial charge in [-0.1, -0.05) is 18.2 Å². The van der Waals surface area contributed by atoms with E-state index < -0.39 is 10.0 Å². The van der Waals surface area contributed by atoms with Crippen LogP contribution >= 0.6 is 0 Å². The number of ether oxygens (including phenoxy) is 1. The van der Waals surface area contributed by atoms with Crippen molar-refractivity contribution in [1.29, 1.82) is 0 Å². The summed E-state index contributed by atoms with van der Waals surface area (Å²) in [4.78, 5) is 14.4. The Balaban J connectivity index is 1.71. The van der Waals surface area contributed by atoms with Gasteiger partial charge in [0.15, 0.2) is 5.78 Å². The van der Waals surface area contributed by atoms with E-state index in [1.165, 1.54) is 0 Å². The summed E-state index contributed by atoms with van der Waals surface area (Å²) in [6, 6.07) is 6.91. The summed E-state index contributed by atoms with van der Waals surface area (Å²) in [6.45, 7) is 2.42. The van der Waals surface area contributed by atoms with E-state index in [4.69, 9.17) is 9.88 Å². The topological polar surface area (TPSA) is 89.7 Å². The molecule has 2 N–H and O–H groups in total. The minimum absolute atomic E-state index is 0.0433. The third-order valence-corrected chi connectivity index (χ3v) is 5.77. The Labute approximate surface area is 136 Å². The van der Waals surface area contributed by atoms with Gasteiger partial charge in [-0.3, -0.25) is 9.69 Å². The number of ketones is 1. The standard InChI is InChI=1S/C16H22N2O4S/c17-23(20,21)16-4-2-1-3-13(16)12-5-8-18(9-6-12)14-7-10-22-11-15(14)19/h1-4,12,14H,5-11H2,(H2,17,20,21). The Morgan fingerprint density at radius 1 is 1.13 bits per heavy atom. The number of hydrogen-bond acceptors (Lipinski definition) is 5. The Morgan fingerprint density at radius 3 is 2.48 bits per heavy atom. The van der Waals surface area contributed by atoms with E-state index in [0.29, 0.717) is 6.61 Å². The van der Waals surface area contributed by atoms with Crippen molar-refractivity contribution in [1.82, 2.24) is 4.90 Å². The summed E-state index contributed by atoms with van der Waals surface area (Å²) < 4.78 is 28.7. The number of benzene rings is 1. The van der Waals surface area contributed by atoms with Crippen molar-refractivity contribution in [3.63, 3.8) is 0 Å². The Bertz CT molecular complexity index is 681. The van der Waals surface area contributed by atoms with Gasteiger partial charge in [0, 0.05) is 6.61 Å². The zero-order chi connectivity index (χ0) is 16.4. The Hall–Kier alpha value is -1.28. The maximum atomic E-state index is 12.0. The van der Waals surface area contributed by atoms with Gasteiger partial charge in [0.1, 0.15) is 6.61 Å². The number of piperidine rings is 1. The molecule has 2 fully saturated rings. The fourth-order valence-electron chi connectivity index (χ4n) is 3.61. The first-order valence-electron chi connectivity index (χ1n) is 7.93. The second kappa shape index (κ2) is 6.68. The van der Waals surface area contributed by atoms with Crippen LogP contribution in [0.1, 0.15) is 30.7 Å². The third kappa shape index (κ3) is 3.63. The molecule has 1 aromatic rings. The van der Waals surface area contributed by atoms with E-state index >= 15 is 0 Å². The highest BCUT2D eigenvalue weighted by Gasteiger charge is 2.33. The van der Waals surface area contributed by atoms with Gasteiger partial charge in [-0.05, 0) is 49.9 Å². The van der Waals surface area contributed by atoms with Gasteiger partial charge >= 0.3 is 0 Å². The normalized spacial score (nSPS) is 24.7. The number of nitrogens with two attached hydrogens (primary N) is 1. The van der Waals surface area contributed by atoms with E-state index in [1.807, 2.05) is 12.1 Å². The van der Waals surface area contributed by atoms with E-state index in [-0.39, 0.29) is 29.2 Å². The van der Waals surface area contributed by atoms with Crippen molar-refractivity contribution in [2.24, 2.45) is 5.14 Å². The first-order chi connectivity index (χ1) is 11.0. The maximum absolute atomic E-state index is 12.0. The predicted molar refractivity (Wildman–Crippen MR) is 85.6 cm³/mol. The predicted octanol–water partition coefficient (Wildman–Crippen LogP) is 0.871.